The van der Waals surface area contributed by atoms with Gasteiger partial charge in [0.1, 0.15) is 17.7 Å². The summed E-state index contributed by atoms with van der Waals surface area (Å²) in [5.74, 6) is -1.29. The van der Waals surface area contributed by atoms with Gasteiger partial charge in [-0.25, -0.2) is 8.78 Å². The number of carbonyl (C=O) groups excluding carboxylic acids is 1. The van der Waals surface area contributed by atoms with Gasteiger partial charge in [-0.1, -0.05) is 13.8 Å². The molecule has 0 heterocycles. The first-order chi connectivity index (χ1) is 9.43. The van der Waals surface area contributed by atoms with E-state index in [1.54, 1.807) is 6.92 Å². The number of hydrogen-bond acceptors (Lipinski definition) is 4. The first-order valence-corrected chi connectivity index (χ1v) is 7.43. The lowest BCUT2D eigenvalue weighted by molar-refractivity contribution is -0.145. The van der Waals surface area contributed by atoms with Crippen molar-refractivity contribution >= 4 is 17.7 Å². The van der Waals surface area contributed by atoms with Crippen LogP contribution in [0.3, 0.4) is 0 Å². The minimum atomic E-state index is -0.623. The minimum Gasteiger partial charge on any atom is -0.465 e. The Morgan fingerprint density at radius 1 is 1.40 bits per heavy atom. The number of ether oxygens (including phenoxy) is 1. The fourth-order valence-electron chi connectivity index (χ4n) is 1.59. The zero-order chi connectivity index (χ0) is 15.1. The van der Waals surface area contributed by atoms with E-state index >= 15 is 0 Å². The van der Waals surface area contributed by atoms with Gasteiger partial charge in [0.05, 0.1) is 6.61 Å². The Balaban J connectivity index is 2.67. The van der Waals surface area contributed by atoms with E-state index in [1.807, 2.05) is 13.8 Å². The summed E-state index contributed by atoms with van der Waals surface area (Å²) in [4.78, 5) is 12.1. The standard InChI is InChI=1S/C14H19F2NO2S/c1-4-19-14(18)12(17-9(2)3)8-20-13-6-5-10(15)7-11(13)16/h5-7,9,12,17H,4,8H2,1-3H3. The van der Waals surface area contributed by atoms with Gasteiger partial charge in [0.15, 0.2) is 0 Å². The number of nitrogens with one attached hydrogen (secondary N) is 1. The highest BCUT2D eigenvalue weighted by Gasteiger charge is 2.21. The van der Waals surface area contributed by atoms with Crippen molar-refractivity contribution in [2.24, 2.45) is 0 Å². The predicted octanol–water partition coefficient (Wildman–Crippen LogP) is 2.99. The third kappa shape index (κ3) is 5.46. The molecule has 0 saturated heterocycles. The van der Waals surface area contributed by atoms with Crippen LogP contribution in [0.4, 0.5) is 8.78 Å². The van der Waals surface area contributed by atoms with Crippen LogP contribution in [0.5, 0.6) is 0 Å². The summed E-state index contributed by atoms with van der Waals surface area (Å²) in [6, 6.07) is 2.97. The van der Waals surface area contributed by atoms with Crippen LogP contribution in [0.15, 0.2) is 23.1 Å². The van der Waals surface area contributed by atoms with Crippen molar-refractivity contribution in [3.8, 4) is 0 Å². The molecule has 112 valence electrons. The molecule has 1 unspecified atom stereocenters. The van der Waals surface area contributed by atoms with E-state index in [9.17, 15) is 13.6 Å². The van der Waals surface area contributed by atoms with Crippen molar-refractivity contribution in [1.29, 1.82) is 0 Å². The van der Waals surface area contributed by atoms with Crippen molar-refractivity contribution in [2.45, 2.75) is 37.8 Å². The highest BCUT2D eigenvalue weighted by Crippen LogP contribution is 2.23. The Bertz CT molecular complexity index is 455. The molecule has 0 aliphatic heterocycles. The molecule has 0 aliphatic rings. The van der Waals surface area contributed by atoms with E-state index in [0.717, 1.165) is 17.8 Å². The number of hydrogen-bond donors (Lipinski definition) is 1. The van der Waals surface area contributed by atoms with E-state index in [1.165, 1.54) is 12.1 Å². The lowest BCUT2D eigenvalue weighted by Crippen LogP contribution is -2.43. The molecule has 0 fully saturated rings. The first kappa shape index (κ1) is 16.9. The van der Waals surface area contributed by atoms with E-state index in [-0.39, 0.29) is 12.0 Å². The molecule has 1 rings (SSSR count). The average molecular weight is 303 g/mol. The molecule has 1 aromatic carbocycles. The third-order valence-corrected chi connectivity index (χ3v) is 3.55. The summed E-state index contributed by atoms with van der Waals surface area (Å²) < 4.78 is 31.3. The zero-order valence-electron chi connectivity index (χ0n) is 11.8. The second kappa shape index (κ2) is 8.21. The molecule has 0 spiro atoms. The maximum atomic E-state index is 13.5. The van der Waals surface area contributed by atoms with Gasteiger partial charge in [0, 0.05) is 22.8 Å². The molecule has 0 aliphatic carbocycles. The second-order valence-electron chi connectivity index (χ2n) is 4.51. The monoisotopic (exact) mass is 303 g/mol. The van der Waals surface area contributed by atoms with Crippen LogP contribution >= 0.6 is 11.8 Å². The minimum absolute atomic E-state index is 0.100. The molecule has 0 amide bonds. The van der Waals surface area contributed by atoms with Gasteiger partial charge in [0.2, 0.25) is 0 Å². The van der Waals surface area contributed by atoms with Gasteiger partial charge < -0.3 is 10.1 Å². The number of benzene rings is 1. The summed E-state index contributed by atoms with van der Waals surface area (Å²) in [6.45, 7) is 5.85. The Kier molecular flexibility index (Phi) is 6.95. The van der Waals surface area contributed by atoms with Gasteiger partial charge in [0.25, 0.3) is 0 Å². The Labute approximate surface area is 122 Å². The molecule has 1 aromatic rings. The quantitative estimate of drug-likeness (QED) is 0.621. The van der Waals surface area contributed by atoms with Crippen molar-refractivity contribution in [3.05, 3.63) is 29.8 Å². The Morgan fingerprint density at radius 3 is 2.65 bits per heavy atom. The molecule has 6 heteroatoms. The van der Waals surface area contributed by atoms with E-state index in [2.05, 4.69) is 5.32 Å². The van der Waals surface area contributed by atoms with Gasteiger partial charge >= 0.3 is 5.97 Å². The van der Waals surface area contributed by atoms with Gasteiger partial charge in [-0.15, -0.1) is 11.8 Å². The molecule has 1 N–H and O–H groups in total. The molecule has 0 radical (unpaired) electrons. The van der Waals surface area contributed by atoms with Crippen LogP contribution in [0.25, 0.3) is 0 Å². The summed E-state index contributed by atoms with van der Waals surface area (Å²) in [6.07, 6.45) is 0. The molecule has 0 aromatic heterocycles. The highest BCUT2D eigenvalue weighted by molar-refractivity contribution is 7.99. The molecule has 1 atom stereocenters. The third-order valence-electron chi connectivity index (χ3n) is 2.41. The predicted molar refractivity (Wildman–Crippen MR) is 75.8 cm³/mol. The first-order valence-electron chi connectivity index (χ1n) is 6.44. The molecular weight excluding hydrogens is 284 g/mol. The molecular formula is C14H19F2NO2S. The van der Waals surface area contributed by atoms with Gasteiger partial charge in [-0.2, -0.15) is 0 Å². The summed E-state index contributed by atoms with van der Waals surface area (Å²) in [5, 5.41) is 3.07. The van der Waals surface area contributed by atoms with Crippen molar-refractivity contribution in [1.82, 2.24) is 5.32 Å². The van der Waals surface area contributed by atoms with Gasteiger partial charge in [-0.3, -0.25) is 4.79 Å². The number of esters is 1. The topological polar surface area (TPSA) is 38.3 Å². The van der Waals surface area contributed by atoms with E-state index < -0.39 is 17.7 Å². The van der Waals surface area contributed by atoms with Crippen molar-refractivity contribution < 1.29 is 18.3 Å². The van der Waals surface area contributed by atoms with E-state index in [0.29, 0.717) is 17.3 Å². The zero-order valence-corrected chi connectivity index (χ0v) is 12.6. The highest BCUT2D eigenvalue weighted by atomic mass is 32.2. The maximum absolute atomic E-state index is 13.5. The smallest absolute Gasteiger partial charge is 0.324 e. The maximum Gasteiger partial charge on any atom is 0.324 e. The van der Waals surface area contributed by atoms with Crippen LogP contribution in [-0.4, -0.2) is 30.4 Å². The van der Waals surface area contributed by atoms with Crippen LogP contribution < -0.4 is 5.32 Å². The van der Waals surface area contributed by atoms with Crippen molar-refractivity contribution in [3.63, 3.8) is 0 Å². The van der Waals surface area contributed by atoms with Crippen molar-refractivity contribution in [2.75, 3.05) is 12.4 Å². The molecule has 20 heavy (non-hydrogen) atoms. The lowest BCUT2D eigenvalue weighted by atomic mass is 10.3. The summed E-state index contributed by atoms with van der Waals surface area (Å²) >= 11 is 1.16. The lowest BCUT2D eigenvalue weighted by Gasteiger charge is -2.19. The van der Waals surface area contributed by atoms with Crippen LogP contribution in [0, 0.1) is 11.6 Å². The summed E-state index contributed by atoms with van der Waals surface area (Å²) in [5.41, 5.74) is 0. The average Bonchev–Trinajstić information content (AvgIpc) is 2.36. The molecule has 0 saturated carbocycles. The van der Waals surface area contributed by atoms with Crippen LogP contribution in [0.1, 0.15) is 20.8 Å². The fraction of sp³-hybridized carbons (Fsp3) is 0.500. The normalized spacial score (nSPS) is 12.5. The molecule has 0 bridgehead atoms. The second-order valence-corrected chi connectivity index (χ2v) is 5.57. The molecule has 3 nitrogen and oxygen atoms in total. The Hall–Kier alpha value is -1.14. The van der Waals surface area contributed by atoms with Crippen LogP contribution in [-0.2, 0) is 9.53 Å². The number of carbonyl (C=O) groups is 1. The summed E-state index contributed by atoms with van der Waals surface area (Å²) in [7, 11) is 0. The van der Waals surface area contributed by atoms with Gasteiger partial charge in [-0.05, 0) is 19.1 Å². The number of thioether (sulfide) groups is 1. The van der Waals surface area contributed by atoms with Crippen LogP contribution in [0.2, 0.25) is 0 Å². The van der Waals surface area contributed by atoms with E-state index in [4.69, 9.17) is 4.74 Å². The fourth-order valence-corrected chi connectivity index (χ4v) is 2.53. The SMILES string of the molecule is CCOC(=O)C(CSc1ccc(F)cc1F)NC(C)C. The number of halogens is 2. The number of rotatable bonds is 7. The Morgan fingerprint density at radius 2 is 2.10 bits per heavy atom. The largest absolute Gasteiger partial charge is 0.465 e.